The SMILES string of the molecule is COc1cc(C(=O)NNC(=O)COc2cc(C)ccc2C)cc(Cl)c1OC. The van der Waals surface area contributed by atoms with E-state index < -0.39 is 11.8 Å². The van der Waals surface area contributed by atoms with Gasteiger partial charge in [0.2, 0.25) is 0 Å². The number of ether oxygens (including phenoxy) is 3. The minimum Gasteiger partial charge on any atom is -0.493 e. The summed E-state index contributed by atoms with van der Waals surface area (Å²) in [5.41, 5.74) is 6.73. The van der Waals surface area contributed by atoms with E-state index >= 15 is 0 Å². The molecule has 0 fully saturated rings. The number of amides is 2. The third-order valence-electron chi connectivity index (χ3n) is 3.71. The zero-order valence-corrected chi connectivity index (χ0v) is 16.3. The highest BCUT2D eigenvalue weighted by Crippen LogP contribution is 2.35. The predicted molar refractivity (Wildman–Crippen MR) is 102 cm³/mol. The number of halogens is 1. The number of methoxy groups -OCH3 is 2. The normalized spacial score (nSPS) is 10.1. The van der Waals surface area contributed by atoms with Crippen LogP contribution < -0.4 is 25.1 Å². The van der Waals surface area contributed by atoms with Crippen molar-refractivity contribution < 1.29 is 23.8 Å². The zero-order valence-electron chi connectivity index (χ0n) is 15.5. The first kappa shape index (κ1) is 20.4. The molecule has 0 aliphatic heterocycles. The molecule has 0 radical (unpaired) electrons. The van der Waals surface area contributed by atoms with Crippen molar-refractivity contribution in [3.05, 3.63) is 52.0 Å². The van der Waals surface area contributed by atoms with Gasteiger partial charge in [-0.1, -0.05) is 23.7 Å². The lowest BCUT2D eigenvalue weighted by Crippen LogP contribution is -2.43. The van der Waals surface area contributed by atoms with Gasteiger partial charge in [0.05, 0.1) is 19.2 Å². The van der Waals surface area contributed by atoms with Crippen LogP contribution in [0.2, 0.25) is 5.02 Å². The van der Waals surface area contributed by atoms with Gasteiger partial charge in [0.1, 0.15) is 5.75 Å². The quantitative estimate of drug-likeness (QED) is 0.738. The lowest BCUT2D eigenvalue weighted by atomic mass is 10.1. The summed E-state index contributed by atoms with van der Waals surface area (Å²) in [6.07, 6.45) is 0. The minimum absolute atomic E-state index is 0.202. The molecule has 2 aromatic rings. The van der Waals surface area contributed by atoms with Gasteiger partial charge in [0, 0.05) is 5.56 Å². The van der Waals surface area contributed by atoms with Crippen molar-refractivity contribution in [2.24, 2.45) is 0 Å². The van der Waals surface area contributed by atoms with Crippen molar-refractivity contribution in [3.63, 3.8) is 0 Å². The maximum atomic E-state index is 12.2. The Balaban J connectivity index is 1.94. The summed E-state index contributed by atoms with van der Waals surface area (Å²) in [5.74, 6) is 0.179. The average molecular weight is 393 g/mol. The van der Waals surface area contributed by atoms with Gasteiger partial charge in [-0.05, 0) is 43.2 Å². The molecule has 2 amide bonds. The van der Waals surface area contributed by atoms with Crippen molar-refractivity contribution >= 4 is 23.4 Å². The van der Waals surface area contributed by atoms with Gasteiger partial charge >= 0.3 is 0 Å². The van der Waals surface area contributed by atoms with Crippen LogP contribution in [-0.4, -0.2) is 32.6 Å². The van der Waals surface area contributed by atoms with Crippen LogP contribution in [0.4, 0.5) is 0 Å². The van der Waals surface area contributed by atoms with Gasteiger partial charge < -0.3 is 14.2 Å². The predicted octanol–water partition coefficient (Wildman–Crippen LogP) is 2.81. The Labute approximate surface area is 162 Å². The van der Waals surface area contributed by atoms with Gasteiger partial charge in [-0.2, -0.15) is 0 Å². The number of aryl methyl sites for hydroxylation is 2. The second-order valence-corrected chi connectivity index (χ2v) is 6.16. The van der Waals surface area contributed by atoms with E-state index in [1.807, 2.05) is 32.0 Å². The smallest absolute Gasteiger partial charge is 0.276 e. The van der Waals surface area contributed by atoms with Crippen LogP contribution in [-0.2, 0) is 4.79 Å². The van der Waals surface area contributed by atoms with Crippen molar-refractivity contribution in [2.45, 2.75) is 13.8 Å². The topological polar surface area (TPSA) is 85.9 Å². The summed E-state index contributed by atoms with van der Waals surface area (Å²) in [7, 11) is 2.88. The highest BCUT2D eigenvalue weighted by atomic mass is 35.5. The van der Waals surface area contributed by atoms with Gasteiger partial charge in [-0.25, -0.2) is 0 Å². The van der Waals surface area contributed by atoms with Crippen molar-refractivity contribution in [2.75, 3.05) is 20.8 Å². The lowest BCUT2D eigenvalue weighted by Gasteiger charge is -2.13. The Morgan fingerprint density at radius 2 is 1.74 bits per heavy atom. The van der Waals surface area contributed by atoms with Crippen LogP contribution in [0.1, 0.15) is 21.5 Å². The molecule has 144 valence electrons. The van der Waals surface area contributed by atoms with E-state index in [-0.39, 0.29) is 17.2 Å². The van der Waals surface area contributed by atoms with E-state index in [1.165, 1.54) is 26.4 Å². The van der Waals surface area contributed by atoms with Crippen LogP contribution in [0, 0.1) is 13.8 Å². The van der Waals surface area contributed by atoms with Crippen LogP contribution in [0.5, 0.6) is 17.2 Å². The molecule has 0 bridgehead atoms. The summed E-state index contributed by atoms with van der Waals surface area (Å²) in [5, 5.41) is 0.214. The van der Waals surface area contributed by atoms with Crippen LogP contribution in [0.25, 0.3) is 0 Å². The first-order valence-electron chi connectivity index (χ1n) is 8.06. The Kier molecular flexibility index (Phi) is 6.90. The standard InChI is InChI=1S/C19H21ClN2O5/c1-11-5-6-12(2)15(7-11)27-10-17(23)21-22-19(24)13-8-14(20)18(26-4)16(9-13)25-3/h5-9H,10H2,1-4H3,(H,21,23)(H,22,24). The van der Waals surface area contributed by atoms with Crippen LogP contribution >= 0.6 is 11.6 Å². The summed E-state index contributed by atoms with van der Waals surface area (Å²) in [4.78, 5) is 24.1. The molecule has 0 heterocycles. The van der Waals surface area contributed by atoms with Gasteiger partial charge in [-0.3, -0.25) is 20.4 Å². The number of nitrogens with one attached hydrogen (secondary N) is 2. The van der Waals surface area contributed by atoms with E-state index in [2.05, 4.69) is 10.9 Å². The lowest BCUT2D eigenvalue weighted by molar-refractivity contribution is -0.123. The molecular formula is C19H21ClN2O5. The number of hydrogen-bond donors (Lipinski definition) is 2. The molecule has 0 saturated carbocycles. The third kappa shape index (κ3) is 5.27. The minimum atomic E-state index is -0.557. The van der Waals surface area contributed by atoms with E-state index in [0.29, 0.717) is 17.2 Å². The molecule has 27 heavy (non-hydrogen) atoms. The number of carbonyl (C=O) groups excluding carboxylic acids is 2. The van der Waals surface area contributed by atoms with Crippen molar-refractivity contribution in [1.29, 1.82) is 0 Å². The molecule has 0 saturated heterocycles. The maximum Gasteiger partial charge on any atom is 0.276 e. The molecule has 2 rings (SSSR count). The molecule has 7 nitrogen and oxygen atoms in total. The van der Waals surface area contributed by atoms with Crippen molar-refractivity contribution in [3.8, 4) is 17.2 Å². The number of carbonyl (C=O) groups is 2. The molecule has 0 aliphatic rings. The number of rotatable bonds is 6. The first-order valence-corrected chi connectivity index (χ1v) is 8.44. The number of benzene rings is 2. The molecule has 0 atom stereocenters. The molecule has 0 spiro atoms. The molecule has 8 heteroatoms. The Hall–Kier alpha value is -2.93. The summed E-state index contributed by atoms with van der Waals surface area (Å²) in [6.45, 7) is 3.58. The summed E-state index contributed by atoms with van der Waals surface area (Å²) in [6, 6.07) is 8.57. The van der Waals surface area contributed by atoms with Gasteiger partial charge in [-0.15, -0.1) is 0 Å². The Bertz CT molecular complexity index is 854. The Morgan fingerprint density at radius 3 is 2.41 bits per heavy atom. The van der Waals surface area contributed by atoms with Crippen LogP contribution in [0.3, 0.4) is 0 Å². The van der Waals surface area contributed by atoms with E-state index in [0.717, 1.165) is 11.1 Å². The van der Waals surface area contributed by atoms with Crippen LogP contribution in [0.15, 0.2) is 30.3 Å². The molecule has 0 aromatic heterocycles. The van der Waals surface area contributed by atoms with Crippen molar-refractivity contribution in [1.82, 2.24) is 10.9 Å². The van der Waals surface area contributed by atoms with E-state index in [9.17, 15) is 9.59 Å². The van der Waals surface area contributed by atoms with Gasteiger partial charge in [0.15, 0.2) is 18.1 Å². The highest BCUT2D eigenvalue weighted by molar-refractivity contribution is 6.32. The molecule has 2 aromatic carbocycles. The molecule has 0 aliphatic carbocycles. The van der Waals surface area contributed by atoms with Gasteiger partial charge in [0.25, 0.3) is 11.8 Å². The zero-order chi connectivity index (χ0) is 20.0. The highest BCUT2D eigenvalue weighted by Gasteiger charge is 2.16. The Morgan fingerprint density at radius 1 is 1.00 bits per heavy atom. The monoisotopic (exact) mass is 392 g/mol. The fraction of sp³-hybridized carbons (Fsp3) is 0.263. The summed E-state index contributed by atoms with van der Waals surface area (Å²) < 4.78 is 15.7. The fourth-order valence-corrected chi connectivity index (χ4v) is 2.58. The third-order valence-corrected chi connectivity index (χ3v) is 3.99. The molecule has 0 unspecified atom stereocenters. The second kappa shape index (κ2) is 9.14. The second-order valence-electron chi connectivity index (χ2n) is 5.75. The number of hydrogen-bond acceptors (Lipinski definition) is 5. The largest absolute Gasteiger partial charge is 0.493 e. The van der Waals surface area contributed by atoms with E-state index in [1.54, 1.807) is 0 Å². The average Bonchev–Trinajstić information content (AvgIpc) is 2.65. The number of hydrazine groups is 1. The molecule has 2 N–H and O–H groups in total. The first-order chi connectivity index (χ1) is 12.8. The van der Waals surface area contributed by atoms with E-state index in [4.69, 9.17) is 25.8 Å². The molecular weight excluding hydrogens is 372 g/mol. The fourth-order valence-electron chi connectivity index (χ4n) is 2.29. The maximum absolute atomic E-state index is 12.2. The summed E-state index contributed by atoms with van der Waals surface area (Å²) >= 11 is 6.07.